The molecule has 1 N–H and O–H groups in total. The van der Waals surface area contributed by atoms with Crippen LogP contribution in [0.5, 0.6) is 0 Å². The van der Waals surface area contributed by atoms with E-state index in [0.29, 0.717) is 5.92 Å². The number of rotatable bonds is 5. The highest BCUT2D eigenvalue weighted by Crippen LogP contribution is 2.33. The Bertz CT molecular complexity index is 744. The van der Waals surface area contributed by atoms with Crippen molar-refractivity contribution in [1.82, 2.24) is 9.88 Å². The van der Waals surface area contributed by atoms with E-state index in [1.807, 2.05) is 35.4 Å². The molecule has 134 valence electrons. The van der Waals surface area contributed by atoms with Crippen LogP contribution in [0.2, 0.25) is 0 Å². The molecule has 5 heteroatoms. The Hall–Kier alpha value is -2.30. The van der Waals surface area contributed by atoms with Crippen molar-refractivity contribution in [1.29, 1.82) is 0 Å². The summed E-state index contributed by atoms with van der Waals surface area (Å²) >= 11 is 0. The van der Waals surface area contributed by atoms with Crippen molar-refractivity contribution in [2.24, 2.45) is 5.92 Å². The summed E-state index contributed by atoms with van der Waals surface area (Å²) in [6.07, 6.45) is 5.72. The van der Waals surface area contributed by atoms with Crippen LogP contribution < -0.4 is 0 Å². The predicted molar refractivity (Wildman–Crippen MR) is 97.3 cm³/mol. The minimum atomic E-state index is -0.244. The molecule has 1 unspecified atom stereocenters. The smallest absolute Gasteiger partial charge is 0.313 e. The van der Waals surface area contributed by atoms with Gasteiger partial charge in [-0.1, -0.05) is 18.2 Å². The first-order chi connectivity index (χ1) is 12.1. The predicted octanol–water partition coefficient (Wildman–Crippen LogP) is 3.46. The molecule has 2 aromatic rings. The maximum Gasteiger partial charge on any atom is 0.313 e. The van der Waals surface area contributed by atoms with Crippen molar-refractivity contribution in [2.45, 2.75) is 38.5 Å². The van der Waals surface area contributed by atoms with Crippen LogP contribution in [-0.2, 0) is 14.3 Å². The molecule has 0 spiro atoms. The maximum absolute atomic E-state index is 12.4. The van der Waals surface area contributed by atoms with Gasteiger partial charge in [0.2, 0.25) is 5.91 Å². The fourth-order valence-corrected chi connectivity index (χ4v) is 3.86. The highest BCUT2D eigenvalue weighted by molar-refractivity contribution is 5.89. The molecule has 3 rings (SSSR count). The number of carbonyl (C=O) groups excluding carboxylic acids is 2. The number of fused-ring (bicyclic) bond motifs is 1. The molecule has 1 saturated heterocycles. The second-order valence-electron chi connectivity index (χ2n) is 6.89. The molecule has 1 aliphatic rings. The van der Waals surface area contributed by atoms with Gasteiger partial charge in [0.05, 0.1) is 13.0 Å². The van der Waals surface area contributed by atoms with E-state index in [4.69, 9.17) is 4.74 Å². The molecule has 1 amide bonds. The summed E-state index contributed by atoms with van der Waals surface area (Å²) < 4.78 is 5.07. The molecule has 0 bridgehead atoms. The number of esters is 1. The highest BCUT2D eigenvalue weighted by Gasteiger charge is 2.27. The minimum Gasteiger partial charge on any atom is -0.469 e. The Kier molecular flexibility index (Phi) is 5.41. The number of hydrogen-bond acceptors (Lipinski definition) is 3. The minimum absolute atomic E-state index is 0.157. The molecule has 0 saturated carbocycles. The first-order valence-corrected chi connectivity index (χ1v) is 8.99. The lowest BCUT2D eigenvalue weighted by atomic mass is 9.86. The number of methoxy groups -OCH3 is 1. The van der Waals surface area contributed by atoms with Gasteiger partial charge in [-0.3, -0.25) is 9.59 Å². The lowest BCUT2D eigenvalue weighted by Gasteiger charge is -2.31. The van der Waals surface area contributed by atoms with Gasteiger partial charge < -0.3 is 14.6 Å². The Labute approximate surface area is 148 Å². The van der Waals surface area contributed by atoms with Gasteiger partial charge in [0.1, 0.15) is 0 Å². The van der Waals surface area contributed by atoms with Gasteiger partial charge >= 0.3 is 5.97 Å². The van der Waals surface area contributed by atoms with Crippen LogP contribution in [0.25, 0.3) is 10.9 Å². The molecular weight excluding hydrogens is 316 g/mol. The van der Waals surface area contributed by atoms with Crippen molar-refractivity contribution >= 4 is 22.8 Å². The van der Waals surface area contributed by atoms with Gasteiger partial charge in [0, 0.05) is 37.1 Å². The van der Waals surface area contributed by atoms with Crippen molar-refractivity contribution in [2.75, 3.05) is 20.2 Å². The van der Waals surface area contributed by atoms with Gasteiger partial charge in [-0.15, -0.1) is 0 Å². The van der Waals surface area contributed by atoms with Crippen LogP contribution in [0.4, 0.5) is 0 Å². The van der Waals surface area contributed by atoms with E-state index in [1.54, 1.807) is 6.92 Å². The highest BCUT2D eigenvalue weighted by atomic mass is 16.5. The summed E-state index contributed by atoms with van der Waals surface area (Å²) in [4.78, 5) is 29.0. The zero-order valence-corrected chi connectivity index (χ0v) is 15.0. The SMILES string of the molecule is COC(=O)C(CCC1CCN(C(C)=O)CC1)c1c[nH]c2ccccc12. The van der Waals surface area contributed by atoms with Crippen LogP contribution in [0.15, 0.2) is 30.5 Å². The molecule has 1 atom stereocenters. The quantitative estimate of drug-likeness (QED) is 0.847. The Morgan fingerprint density at radius 1 is 1.28 bits per heavy atom. The normalized spacial score (nSPS) is 16.8. The van der Waals surface area contributed by atoms with E-state index in [9.17, 15) is 9.59 Å². The molecule has 1 aromatic heterocycles. The number of H-pyrrole nitrogens is 1. The van der Waals surface area contributed by atoms with Gasteiger partial charge in [0.15, 0.2) is 0 Å². The van der Waals surface area contributed by atoms with E-state index in [1.165, 1.54) is 7.11 Å². The lowest BCUT2D eigenvalue weighted by Crippen LogP contribution is -2.37. The number of hydrogen-bond donors (Lipinski definition) is 1. The lowest BCUT2D eigenvalue weighted by molar-refractivity contribution is -0.142. The van der Waals surface area contributed by atoms with Crippen molar-refractivity contribution in [3.63, 3.8) is 0 Å². The first kappa shape index (κ1) is 17.5. The summed E-state index contributed by atoms with van der Waals surface area (Å²) in [6, 6.07) is 8.04. The molecular formula is C20H26N2O3. The van der Waals surface area contributed by atoms with Crippen LogP contribution in [0, 0.1) is 5.92 Å². The summed E-state index contributed by atoms with van der Waals surface area (Å²) in [5.41, 5.74) is 2.06. The van der Waals surface area contributed by atoms with Crippen LogP contribution in [0.3, 0.4) is 0 Å². The summed E-state index contributed by atoms with van der Waals surface area (Å²) in [5.74, 6) is 0.301. The van der Waals surface area contributed by atoms with Crippen molar-refractivity contribution in [3.05, 3.63) is 36.0 Å². The Balaban J connectivity index is 1.68. The molecule has 1 aromatic carbocycles. The number of aromatic amines is 1. The number of ether oxygens (including phenoxy) is 1. The van der Waals surface area contributed by atoms with E-state index >= 15 is 0 Å². The number of piperidine rings is 1. The molecule has 1 aliphatic heterocycles. The average Bonchev–Trinajstić information content (AvgIpc) is 3.06. The summed E-state index contributed by atoms with van der Waals surface area (Å²) in [7, 11) is 1.45. The summed E-state index contributed by atoms with van der Waals surface area (Å²) in [5, 5.41) is 1.09. The monoisotopic (exact) mass is 342 g/mol. The summed E-state index contributed by atoms with van der Waals surface area (Å²) in [6.45, 7) is 3.29. The maximum atomic E-state index is 12.4. The van der Waals surface area contributed by atoms with Crippen molar-refractivity contribution in [3.8, 4) is 0 Å². The third-order valence-corrected chi connectivity index (χ3v) is 5.41. The zero-order valence-electron chi connectivity index (χ0n) is 15.0. The topological polar surface area (TPSA) is 62.4 Å². The Morgan fingerprint density at radius 2 is 2.00 bits per heavy atom. The fourth-order valence-electron chi connectivity index (χ4n) is 3.86. The van der Waals surface area contributed by atoms with Gasteiger partial charge in [-0.2, -0.15) is 0 Å². The molecule has 25 heavy (non-hydrogen) atoms. The van der Waals surface area contributed by atoms with E-state index in [2.05, 4.69) is 4.98 Å². The third-order valence-electron chi connectivity index (χ3n) is 5.41. The number of nitrogens with one attached hydrogen (secondary N) is 1. The number of amides is 1. The molecule has 1 fully saturated rings. The molecule has 5 nitrogen and oxygen atoms in total. The number of nitrogens with zero attached hydrogens (tertiary/aromatic N) is 1. The standard InChI is InChI=1S/C20H26N2O3/c1-14(23)22-11-9-15(10-12-22)7-8-17(20(24)25-2)18-13-21-19-6-4-3-5-16(18)19/h3-6,13,15,17,21H,7-12H2,1-2H3. The Morgan fingerprint density at radius 3 is 2.68 bits per heavy atom. The number of para-hydroxylation sites is 1. The third kappa shape index (κ3) is 3.86. The fraction of sp³-hybridized carbons (Fsp3) is 0.500. The van der Waals surface area contributed by atoms with E-state index in [0.717, 1.165) is 55.2 Å². The molecule has 0 radical (unpaired) electrons. The first-order valence-electron chi connectivity index (χ1n) is 8.99. The van der Waals surface area contributed by atoms with Crippen LogP contribution >= 0.6 is 0 Å². The molecule has 0 aliphatic carbocycles. The van der Waals surface area contributed by atoms with E-state index in [-0.39, 0.29) is 17.8 Å². The average molecular weight is 342 g/mol. The second kappa shape index (κ2) is 7.72. The number of aromatic nitrogens is 1. The van der Waals surface area contributed by atoms with E-state index < -0.39 is 0 Å². The number of carbonyl (C=O) groups is 2. The molecule has 2 heterocycles. The number of likely N-dealkylation sites (tertiary alicyclic amines) is 1. The van der Waals surface area contributed by atoms with Gasteiger partial charge in [-0.05, 0) is 43.2 Å². The van der Waals surface area contributed by atoms with Gasteiger partial charge in [-0.25, -0.2) is 0 Å². The largest absolute Gasteiger partial charge is 0.469 e. The van der Waals surface area contributed by atoms with Gasteiger partial charge in [0.25, 0.3) is 0 Å². The zero-order chi connectivity index (χ0) is 17.8. The van der Waals surface area contributed by atoms with Crippen LogP contribution in [0.1, 0.15) is 44.1 Å². The van der Waals surface area contributed by atoms with Crippen LogP contribution in [-0.4, -0.2) is 42.0 Å². The number of benzene rings is 1. The van der Waals surface area contributed by atoms with Crippen molar-refractivity contribution < 1.29 is 14.3 Å². The second-order valence-corrected chi connectivity index (χ2v) is 6.89.